The molecule has 0 nitrogen and oxygen atoms in total. The first-order chi connectivity index (χ1) is 7.61. The maximum atomic E-state index is 6.11. The molecular weight excluding hydrogens is 284 g/mol. The maximum absolute atomic E-state index is 6.11. The van der Waals surface area contributed by atoms with Gasteiger partial charge in [0.1, 0.15) is 0 Å². The minimum absolute atomic E-state index is 0.777. The molecule has 0 saturated carbocycles. The maximum Gasteiger partial charge on any atom is 0.0554 e. The van der Waals surface area contributed by atoms with E-state index in [1.54, 1.807) is 0 Å². The summed E-state index contributed by atoms with van der Waals surface area (Å²) in [6, 6.07) is 8.61. The fourth-order valence-corrected chi connectivity index (χ4v) is 2.53. The van der Waals surface area contributed by atoms with E-state index in [4.69, 9.17) is 11.6 Å². The van der Waals surface area contributed by atoms with E-state index in [0.717, 1.165) is 15.9 Å². The summed E-state index contributed by atoms with van der Waals surface area (Å²) in [6.07, 6.45) is 2.31. The molecule has 2 aromatic carbocycles. The van der Waals surface area contributed by atoms with E-state index in [0.29, 0.717) is 0 Å². The van der Waals surface area contributed by atoms with Gasteiger partial charge in [0.2, 0.25) is 0 Å². The van der Waals surface area contributed by atoms with Crippen LogP contribution in [-0.4, -0.2) is 0 Å². The van der Waals surface area contributed by atoms with Crippen molar-refractivity contribution >= 4 is 38.3 Å². The lowest BCUT2D eigenvalue weighted by Gasteiger charge is -2.08. The van der Waals surface area contributed by atoms with Gasteiger partial charge < -0.3 is 0 Å². The van der Waals surface area contributed by atoms with Crippen LogP contribution in [0.2, 0.25) is 5.02 Å². The molecule has 2 heteroatoms. The van der Waals surface area contributed by atoms with Crippen LogP contribution in [0.15, 0.2) is 28.7 Å². The lowest BCUT2D eigenvalue weighted by molar-refractivity contribution is 0.915. The Morgan fingerprint density at radius 1 is 1.12 bits per heavy atom. The SMILES string of the molecule is CCCc1cc2cc(Cl)c(Br)cc2cc1C. The third-order valence-electron chi connectivity index (χ3n) is 2.85. The highest BCUT2D eigenvalue weighted by Gasteiger charge is 2.04. The number of rotatable bonds is 2. The van der Waals surface area contributed by atoms with Crippen LogP contribution in [0.4, 0.5) is 0 Å². The van der Waals surface area contributed by atoms with Crippen molar-refractivity contribution in [2.24, 2.45) is 0 Å². The van der Waals surface area contributed by atoms with Gasteiger partial charge in [-0.15, -0.1) is 0 Å². The van der Waals surface area contributed by atoms with E-state index in [9.17, 15) is 0 Å². The lowest BCUT2D eigenvalue weighted by Crippen LogP contribution is -1.89. The Hall–Kier alpha value is -0.530. The smallest absolute Gasteiger partial charge is 0.0554 e. The molecule has 0 unspecified atom stereocenters. The fourth-order valence-electron chi connectivity index (χ4n) is 1.99. The molecule has 0 N–H and O–H groups in total. The molecular formula is C14H14BrCl. The van der Waals surface area contributed by atoms with Crippen molar-refractivity contribution < 1.29 is 0 Å². The summed E-state index contributed by atoms with van der Waals surface area (Å²) in [5.41, 5.74) is 2.79. The van der Waals surface area contributed by atoms with E-state index in [1.807, 2.05) is 6.07 Å². The molecule has 16 heavy (non-hydrogen) atoms. The zero-order valence-electron chi connectivity index (χ0n) is 9.48. The summed E-state index contributed by atoms with van der Waals surface area (Å²) in [5.74, 6) is 0. The van der Waals surface area contributed by atoms with Gasteiger partial charge in [-0.25, -0.2) is 0 Å². The number of benzene rings is 2. The summed E-state index contributed by atoms with van der Waals surface area (Å²) in [7, 11) is 0. The van der Waals surface area contributed by atoms with Crippen molar-refractivity contribution in [2.45, 2.75) is 26.7 Å². The Morgan fingerprint density at radius 3 is 2.50 bits per heavy atom. The summed E-state index contributed by atoms with van der Waals surface area (Å²) >= 11 is 9.57. The molecule has 0 radical (unpaired) electrons. The van der Waals surface area contributed by atoms with Crippen molar-refractivity contribution in [3.05, 3.63) is 44.9 Å². The van der Waals surface area contributed by atoms with Crippen molar-refractivity contribution in [2.75, 3.05) is 0 Å². The number of hydrogen-bond donors (Lipinski definition) is 0. The second-order valence-corrected chi connectivity index (χ2v) is 5.40. The highest BCUT2D eigenvalue weighted by molar-refractivity contribution is 9.10. The van der Waals surface area contributed by atoms with Crippen molar-refractivity contribution in [1.82, 2.24) is 0 Å². The van der Waals surface area contributed by atoms with Gasteiger partial charge in [-0.3, -0.25) is 0 Å². The minimum Gasteiger partial charge on any atom is -0.0831 e. The average molecular weight is 298 g/mol. The van der Waals surface area contributed by atoms with Crippen LogP contribution in [0.5, 0.6) is 0 Å². The summed E-state index contributed by atoms with van der Waals surface area (Å²) in [5, 5.41) is 3.25. The van der Waals surface area contributed by atoms with Crippen molar-refractivity contribution in [3.63, 3.8) is 0 Å². The van der Waals surface area contributed by atoms with Crippen LogP contribution in [0, 0.1) is 6.92 Å². The molecule has 0 spiro atoms. The molecule has 2 aromatic rings. The van der Waals surface area contributed by atoms with Crippen molar-refractivity contribution in [3.8, 4) is 0 Å². The first-order valence-corrected chi connectivity index (χ1v) is 6.67. The fraction of sp³-hybridized carbons (Fsp3) is 0.286. The van der Waals surface area contributed by atoms with Crippen LogP contribution < -0.4 is 0 Å². The van der Waals surface area contributed by atoms with E-state index in [2.05, 4.69) is 48.0 Å². The first-order valence-electron chi connectivity index (χ1n) is 5.50. The summed E-state index contributed by atoms with van der Waals surface area (Å²) < 4.78 is 0.962. The molecule has 0 amide bonds. The molecule has 0 saturated heterocycles. The normalized spacial score (nSPS) is 11.0. The van der Waals surface area contributed by atoms with Gasteiger partial charge in [0.25, 0.3) is 0 Å². The van der Waals surface area contributed by atoms with Crippen LogP contribution in [-0.2, 0) is 6.42 Å². The van der Waals surface area contributed by atoms with E-state index in [-0.39, 0.29) is 0 Å². The van der Waals surface area contributed by atoms with Crippen LogP contribution in [0.1, 0.15) is 24.5 Å². The second kappa shape index (κ2) is 4.77. The Morgan fingerprint density at radius 2 is 1.81 bits per heavy atom. The van der Waals surface area contributed by atoms with Crippen LogP contribution in [0.3, 0.4) is 0 Å². The predicted molar refractivity (Wildman–Crippen MR) is 75.4 cm³/mol. The predicted octanol–water partition coefficient (Wildman–Crippen LogP) is 5.52. The van der Waals surface area contributed by atoms with Gasteiger partial charge in [0, 0.05) is 4.47 Å². The Bertz CT molecular complexity index is 532. The van der Waals surface area contributed by atoms with E-state index >= 15 is 0 Å². The number of aryl methyl sites for hydroxylation is 2. The van der Waals surface area contributed by atoms with Gasteiger partial charge in [0.05, 0.1) is 5.02 Å². The molecule has 0 fully saturated rings. The van der Waals surface area contributed by atoms with Gasteiger partial charge >= 0.3 is 0 Å². The highest BCUT2D eigenvalue weighted by Crippen LogP contribution is 2.30. The average Bonchev–Trinajstić information content (AvgIpc) is 2.23. The molecule has 2 rings (SSSR count). The number of fused-ring (bicyclic) bond motifs is 1. The van der Waals surface area contributed by atoms with Crippen LogP contribution in [0.25, 0.3) is 10.8 Å². The van der Waals surface area contributed by atoms with Gasteiger partial charge in [-0.1, -0.05) is 37.1 Å². The topological polar surface area (TPSA) is 0 Å². The molecule has 0 bridgehead atoms. The molecule has 0 aliphatic rings. The van der Waals surface area contributed by atoms with E-state index < -0.39 is 0 Å². The Kier molecular flexibility index (Phi) is 3.56. The van der Waals surface area contributed by atoms with Gasteiger partial charge in [-0.05, 0) is 63.3 Å². The van der Waals surface area contributed by atoms with Gasteiger partial charge in [-0.2, -0.15) is 0 Å². The van der Waals surface area contributed by atoms with Gasteiger partial charge in [0.15, 0.2) is 0 Å². The largest absolute Gasteiger partial charge is 0.0831 e. The first kappa shape index (κ1) is 11.9. The third kappa shape index (κ3) is 2.26. The monoisotopic (exact) mass is 296 g/mol. The van der Waals surface area contributed by atoms with E-state index in [1.165, 1.54) is 28.3 Å². The van der Waals surface area contributed by atoms with Crippen molar-refractivity contribution in [1.29, 1.82) is 0 Å². The standard InChI is InChI=1S/C14H14BrCl/c1-3-4-10-6-12-8-14(16)13(15)7-11(12)5-9(10)2/h5-8H,3-4H2,1-2H3. The molecule has 0 heterocycles. The summed E-state index contributed by atoms with van der Waals surface area (Å²) in [6.45, 7) is 4.38. The summed E-state index contributed by atoms with van der Waals surface area (Å²) in [4.78, 5) is 0. The quantitative estimate of drug-likeness (QED) is 0.685. The molecule has 0 atom stereocenters. The molecule has 0 aliphatic carbocycles. The molecule has 0 aromatic heterocycles. The number of halogens is 2. The van der Waals surface area contributed by atoms with Crippen LogP contribution >= 0.6 is 27.5 Å². The Labute approximate surface area is 110 Å². The minimum atomic E-state index is 0.777. The third-order valence-corrected chi connectivity index (χ3v) is 4.05. The molecule has 84 valence electrons. The highest BCUT2D eigenvalue weighted by atomic mass is 79.9. The Balaban J connectivity index is 2.65. The zero-order valence-corrected chi connectivity index (χ0v) is 11.8. The molecule has 0 aliphatic heterocycles. The zero-order chi connectivity index (χ0) is 11.7. The number of hydrogen-bond acceptors (Lipinski definition) is 0. The second-order valence-electron chi connectivity index (χ2n) is 4.14. The lowest BCUT2D eigenvalue weighted by atomic mass is 9.99.